The van der Waals surface area contributed by atoms with E-state index < -0.39 is 11.6 Å². The molecular weight excluding hydrogens is 356 g/mol. The number of benzene rings is 2. The standard InChI is InChI=1S/C19H19F2N3OS/c1-12(13-7-8-14(20)15(21)9-13)22-10-19(25)24(2)11-18-23-16-5-3-4-6-17(16)26-18/h3-9,12,22H,10-11H2,1-2H3/t12-/m0/s1. The Hall–Kier alpha value is -2.38. The minimum atomic E-state index is -0.893. The summed E-state index contributed by atoms with van der Waals surface area (Å²) in [5.74, 6) is -1.87. The van der Waals surface area contributed by atoms with Crippen molar-refractivity contribution in [3.05, 3.63) is 64.7 Å². The number of hydrogen-bond acceptors (Lipinski definition) is 4. The number of halogens is 2. The fourth-order valence-electron chi connectivity index (χ4n) is 2.55. The van der Waals surface area contributed by atoms with Crippen molar-refractivity contribution in [2.24, 2.45) is 0 Å². The van der Waals surface area contributed by atoms with Gasteiger partial charge in [-0.1, -0.05) is 18.2 Å². The minimum absolute atomic E-state index is 0.0984. The number of nitrogens with one attached hydrogen (secondary N) is 1. The summed E-state index contributed by atoms with van der Waals surface area (Å²) in [4.78, 5) is 18.4. The minimum Gasteiger partial charge on any atom is -0.338 e. The van der Waals surface area contributed by atoms with Crippen LogP contribution in [-0.4, -0.2) is 29.4 Å². The molecule has 136 valence electrons. The Labute approximate surface area is 154 Å². The van der Waals surface area contributed by atoms with E-state index in [0.717, 1.165) is 27.4 Å². The van der Waals surface area contributed by atoms with E-state index in [1.165, 1.54) is 6.07 Å². The quantitative estimate of drug-likeness (QED) is 0.711. The van der Waals surface area contributed by atoms with Crippen LogP contribution in [0.15, 0.2) is 42.5 Å². The molecular formula is C19H19F2N3OS. The van der Waals surface area contributed by atoms with Crippen molar-refractivity contribution < 1.29 is 13.6 Å². The van der Waals surface area contributed by atoms with E-state index in [1.807, 2.05) is 24.3 Å². The predicted molar refractivity (Wildman–Crippen MR) is 98.9 cm³/mol. The fourth-order valence-corrected chi connectivity index (χ4v) is 3.57. The van der Waals surface area contributed by atoms with Gasteiger partial charge in [0.1, 0.15) is 5.01 Å². The molecule has 7 heteroatoms. The van der Waals surface area contributed by atoms with E-state index in [2.05, 4.69) is 10.3 Å². The lowest BCUT2D eigenvalue weighted by atomic mass is 10.1. The van der Waals surface area contributed by atoms with Crippen LogP contribution < -0.4 is 5.32 Å². The number of rotatable bonds is 6. The first-order valence-electron chi connectivity index (χ1n) is 8.21. The Morgan fingerprint density at radius 2 is 2.00 bits per heavy atom. The molecule has 0 aliphatic rings. The first-order chi connectivity index (χ1) is 12.4. The van der Waals surface area contributed by atoms with E-state index in [4.69, 9.17) is 0 Å². The van der Waals surface area contributed by atoms with E-state index in [-0.39, 0.29) is 18.5 Å². The molecule has 0 fully saturated rings. The van der Waals surface area contributed by atoms with Crippen LogP contribution in [-0.2, 0) is 11.3 Å². The molecule has 3 rings (SSSR count). The number of carbonyl (C=O) groups excluding carboxylic acids is 1. The van der Waals surface area contributed by atoms with Gasteiger partial charge in [-0.2, -0.15) is 0 Å². The summed E-state index contributed by atoms with van der Waals surface area (Å²) in [6.07, 6.45) is 0. The van der Waals surface area contributed by atoms with Gasteiger partial charge in [0.05, 0.1) is 23.3 Å². The van der Waals surface area contributed by atoms with Gasteiger partial charge in [-0.15, -0.1) is 11.3 Å². The van der Waals surface area contributed by atoms with E-state index in [9.17, 15) is 13.6 Å². The fraction of sp³-hybridized carbons (Fsp3) is 0.263. The molecule has 1 N–H and O–H groups in total. The van der Waals surface area contributed by atoms with Crippen molar-refractivity contribution >= 4 is 27.5 Å². The molecule has 0 saturated heterocycles. The number of thiazole rings is 1. The summed E-state index contributed by atoms with van der Waals surface area (Å²) in [6, 6.07) is 11.3. The number of amides is 1. The van der Waals surface area contributed by atoms with Crippen molar-refractivity contribution in [2.75, 3.05) is 13.6 Å². The second kappa shape index (κ2) is 7.88. The lowest BCUT2D eigenvalue weighted by Crippen LogP contribution is -2.36. The van der Waals surface area contributed by atoms with Crippen molar-refractivity contribution in [2.45, 2.75) is 19.5 Å². The second-order valence-corrected chi connectivity index (χ2v) is 7.22. The SMILES string of the molecule is C[C@H](NCC(=O)N(C)Cc1nc2ccccc2s1)c1ccc(F)c(F)c1. The monoisotopic (exact) mass is 375 g/mol. The van der Waals surface area contributed by atoms with Crippen LogP contribution in [0.3, 0.4) is 0 Å². The maximum absolute atomic E-state index is 13.3. The van der Waals surface area contributed by atoms with Gasteiger partial charge in [0, 0.05) is 13.1 Å². The predicted octanol–water partition coefficient (Wildman–Crippen LogP) is 3.88. The highest BCUT2D eigenvalue weighted by Gasteiger charge is 2.15. The average molecular weight is 375 g/mol. The Bertz CT molecular complexity index is 895. The van der Waals surface area contributed by atoms with Crippen LogP contribution in [0.2, 0.25) is 0 Å². The number of hydrogen-bond donors (Lipinski definition) is 1. The molecule has 3 aromatic rings. The topological polar surface area (TPSA) is 45.2 Å². The van der Waals surface area contributed by atoms with Crippen LogP contribution in [0.1, 0.15) is 23.5 Å². The highest BCUT2D eigenvalue weighted by molar-refractivity contribution is 7.18. The zero-order valence-electron chi connectivity index (χ0n) is 14.5. The molecule has 0 unspecified atom stereocenters. The number of nitrogens with zero attached hydrogens (tertiary/aromatic N) is 2. The highest BCUT2D eigenvalue weighted by Crippen LogP contribution is 2.22. The Kier molecular flexibility index (Phi) is 5.58. The van der Waals surface area contributed by atoms with Crippen LogP contribution >= 0.6 is 11.3 Å². The summed E-state index contributed by atoms with van der Waals surface area (Å²) in [7, 11) is 1.72. The zero-order valence-corrected chi connectivity index (χ0v) is 15.3. The Morgan fingerprint density at radius 1 is 1.23 bits per heavy atom. The molecule has 0 spiro atoms. The van der Waals surface area contributed by atoms with Crippen molar-refractivity contribution in [3.63, 3.8) is 0 Å². The van der Waals surface area contributed by atoms with Crippen LogP contribution in [0.25, 0.3) is 10.2 Å². The first-order valence-corrected chi connectivity index (χ1v) is 9.02. The maximum atomic E-state index is 13.3. The van der Waals surface area contributed by atoms with Crippen LogP contribution in [0.4, 0.5) is 8.78 Å². The molecule has 2 aromatic carbocycles. The number of para-hydroxylation sites is 1. The van der Waals surface area contributed by atoms with E-state index in [0.29, 0.717) is 12.1 Å². The third-order valence-corrected chi connectivity index (χ3v) is 5.16. The zero-order chi connectivity index (χ0) is 18.7. The van der Waals surface area contributed by atoms with Crippen LogP contribution in [0.5, 0.6) is 0 Å². The maximum Gasteiger partial charge on any atom is 0.236 e. The van der Waals surface area contributed by atoms with Gasteiger partial charge in [-0.25, -0.2) is 13.8 Å². The molecule has 0 aliphatic heterocycles. The van der Waals surface area contributed by atoms with Crippen molar-refractivity contribution in [1.29, 1.82) is 0 Å². The molecule has 1 atom stereocenters. The molecule has 4 nitrogen and oxygen atoms in total. The lowest BCUT2D eigenvalue weighted by Gasteiger charge is -2.19. The molecule has 0 saturated carbocycles. The molecule has 0 radical (unpaired) electrons. The summed E-state index contributed by atoms with van der Waals surface area (Å²) in [5.41, 5.74) is 1.52. The van der Waals surface area contributed by atoms with E-state index in [1.54, 1.807) is 30.2 Å². The lowest BCUT2D eigenvalue weighted by molar-refractivity contribution is -0.129. The van der Waals surface area contributed by atoms with Crippen molar-refractivity contribution in [3.8, 4) is 0 Å². The Balaban J connectivity index is 1.55. The average Bonchev–Trinajstić information content (AvgIpc) is 3.03. The third kappa shape index (κ3) is 4.23. The Morgan fingerprint density at radius 3 is 2.73 bits per heavy atom. The highest BCUT2D eigenvalue weighted by atomic mass is 32.1. The number of likely N-dealkylation sites (N-methyl/N-ethyl adjacent to an activating group) is 1. The molecule has 26 heavy (non-hydrogen) atoms. The van der Waals surface area contributed by atoms with Gasteiger partial charge in [0.2, 0.25) is 5.91 Å². The number of fused-ring (bicyclic) bond motifs is 1. The van der Waals surface area contributed by atoms with Crippen LogP contribution in [0, 0.1) is 11.6 Å². The summed E-state index contributed by atoms with van der Waals surface area (Å²) in [6.45, 7) is 2.33. The van der Waals surface area contributed by atoms with Gasteiger partial charge in [-0.05, 0) is 36.8 Å². The summed E-state index contributed by atoms with van der Waals surface area (Å²) < 4.78 is 27.4. The molecule has 1 heterocycles. The number of carbonyl (C=O) groups is 1. The van der Waals surface area contributed by atoms with Gasteiger partial charge in [0.25, 0.3) is 0 Å². The largest absolute Gasteiger partial charge is 0.338 e. The third-order valence-electron chi connectivity index (χ3n) is 4.14. The summed E-state index contributed by atoms with van der Waals surface area (Å²) >= 11 is 1.56. The van der Waals surface area contributed by atoms with E-state index >= 15 is 0 Å². The molecule has 1 aromatic heterocycles. The molecule has 0 bridgehead atoms. The summed E-state index contributed by atoms with van der Waals surface area (Å²) in [5, 5.41) is 3.91. The number of aromatic nitrogens is 1. The molecule has 1 amide bonds. The second-order valence-electron chi connectivity index (χ2n) is 6.10. The molecule has 0 aliphatic carbocycles. The van der Waals surface area contributed by atoms with Gasteiger partial charge < -0.3 is 10.2 Å². The van der Waals surface area contributed by atoms with Gasteiger partial charge in [0.15, 0.2) is 11.6 Å². The van der Waals surface area contributed by atoms with Crippen molar-refractivity contribution in [1.82, 2.24) is 15.2 Å². The first kappa shape index (κ1) is 18.4. The normalized spacial score (nSPS) is 12.3. The van der Waals surface area contributed by atoms with Gasteiger partial charge in [-0.3, -0.25) is 4.79 Å². The van der Waals surface area contributed by atoms with Gasteiger partial charge >= 0.3 is 0 Å². The smallest absolute Gasteiger partial charge is 0.236 e.